The van der Waals surface area contributed by atoms with Gasteiger partial charge in [0.15, 0.2) is 0 Å². The molecule has 0 amide bonds. The molecule has 2 rings (SSSR count). The van der Waals surface area contributed by atoms with E-state index in [0.29, 0.717) is 5.69 Å². The van der Waals surface area contributed by atoms with Gasteiger partial charge in [-0.15, -0.1) is 0 Å². The zero-order valence-electron chi connectivity index (χ0n) is 8.09. The first-order valence-corrected chi connectivity index (χ1v) is 5.20. The number of aromatic carboxylic acids is 1. The standard InChI is InChI=1S/C10H8BrN3O2/c11-6-4-13-14(5-6)7-1-2-9(12)8(3-7)10(15)16/h1-5H,12H2,(H,15,16). The molecule has 0 saturated heterocycles. The average molecular weight is 282 g/mol. The minimum absolute atomic E-state index is 0.0733. The van der Waals surface area contributed by atoms with E-state index in [4.69, 9.17) is 10.8 Å². The molecule has 16 heavy (non-hydrogen) atoms. The van der Waals surface area contributed by atoms with Crippen LogP contribution < -0.4 is 5.73 Å². The third kappa shape index (κ3) is 1.92. The molecular formula is C10H8BrN3O2. The molecule has 0 aliphatic heterocycles. The average Bonchev–Trinajstić information content (AvgIpc) is 2.65. The Labute approximate surface area is 99.6 Å². The maximum atomic E-state index is 10.9. The lowest BCUT2D eigenvalue weighted by Crippen LogP contribution is -2.04. The molecular weight excluding hydrogens is 274 g/mol. The lowest BCUT2D eigenvalue weighted by atomic mass is 10.1. The maximum Gasteiger partial charge on any atom is 0.337 e. The van der Waals surface area contributed by atoms with Crippen LogP contribution >= 0.6 is 15.9 Å². The summed E-state index contributed by atoms with van der Waals surface area (Å²) in [6, 6.07) is 4.74. The Morgan fingerprint density at radius 2 is 2.25 bits per heavy atom. The topological polar surface area (TPSA) is 81.1 Å². The fraction of sp³-hybridized carbons (Fsp3) is 0. The van der Waals surface area contributed by atoms with E-state index in [1.54, 1.807) is 29.2 Å². The highest BCUT2D eigenvalue weighted by Crippen LogP contribution is 2.18. The van der Waals surface area contributed by atoms with E-state index in [-0.39, 0.29) is 11.3 Å². The van der Waals surface area contributed by atoms with Gasteiger partial charge >= 0.3 is 5.97 Å². The summed E-state index contributed by atoms with van der Waals surface area (Å²) in [4.78, 5) is 10.9. The highest BCUT2D eigenvalue weighted by atomic mass is 79.9. The Hall–Kier alpha value is -1.82. The van der Waals surface area contributed by atoms with Crippen molar-refractivity contribution in [3.8, 4) is 5.69 Å². The van der Waals surface area contributed by atoms with Gasteiger partial charge in [-0.25, -0.2) is 9.48 Å². The molecule has 6 heteroatoms. The highest BCUT2D eigenvalue weighted by Gasteiger charge is 2.09. The number of hydrogen-bond donors (Lipinski definition) is 2. The third-order valence-corrected chi connectivity index (χ3v) is 2.49. The second-order valence-corrected chi connectivity index (χ2v) is 4.10. The fourth-order valence-electron chi connectivity index (χ4n) is 1.31. The van der Waals surface area contributed by atoms with E-state index in [2.05, 4.69) is 21.0 Å². The number of nitrogens with two attached hydrogens (primary N) is 1. The SMILES string of the molecule is Nc1ccc(-n2cc(Br)cn2)cc1C(=O)O. The van der Waals surface area contributed by atoms with Crippen LogP contribution in [-0.4, -0.2) is 20.9 Å². The van der Waals surface area contributed by atoms with E-state index >= 15 is 0 Å². The van der Waals surface area contributed by atoms with Crippen molar-refractivity contribution in [2.75, 3.05) is 5.73 Å². The van der Waals surface area contributed by atoms with Gasteiger partial charge in [0.1, 0.15) is 0 Å². The quantitative estimate of drug-likeness (QED) is 0.824. The van der Waals surface area contributed by atoms with E-state index in [1.807, 2.05) is 0 Å². The third-order valence-electron chi connectivity index (χ3n) is 2.08. The molecule has 0 aliphatic carbocycles. The van der Waals surface area contributed by atoms with Crippen LogP contribution in [0, 0.1) is 0 Å². The molecule has 0 saturated carbocycles. The van der Waals surface area contributed by atoms with Gasteiger partial charge < -0.3 is 10.8 Å². The predicted molar refractivity (Wildman–Crippen MR) is 62.6 cm³/mol. The zero-order chi connectivity index (χ0) is 11.7. The Morgan fingerprint density at radius 3 is 2.81 bits per heavy atom. The van der Waals surface area contributed by atoms with Crippen molar-refractivity contribution < 1.29 is 9.90 Å². The molecule has 0 aliphatic rings. The van der Waals surface area contributed by atoms with Crippen LogP contribution in [0.4, 0.5) is 5.69 Å². The van der Waals surface area contributed by atoms with E-state index in [9.17, 15) is 4.79 Å². The van der Waals surface area contributed by atoms with Crippen molar-refractivity contribution in [2.45, 2.75) is 0 Å². The van der Waals surface area contributed by atoms with Gasteiger partial charge in [0.2, 0.25) is 0 Å². The van der Waals surface area contributed by atoms with Crippen LogP contribution in [0.3, 0.4) is 0 Å². The predicted octanol–water partition coefficient (Wildman–Crippen LogP) is 1.92. The first-order valence-electron chi connectivity index (χ1n) is 4.41. The van der Waals surface area contributed by atoms with Gasteiger partial charge in [-0.05, 0) is 34.1 Å². The van der Waals surface area contributed by atoms with Crippen LogP contribution in [0.5, 0.6) is 0 Å². The van der Waals surface area contributed by atoms with Crippen LogP contribution in [0.1, 0.15) is 10.4 Å². The molecule has 0 bridgehead atoms. The first kappa shape index (κ1) is 10.7. The van der Waals surface area contributed by atoms with Crippen molar-refractivity contribution in [3.63, 3.8) is 0 Å². The van der Waals surface area contributed by atoms with Crippen molar-refractivity contribution >= 4 is 27.6 Å². The molecule has 0 unspecified atom stereocenters. The van der Waals surface area contributed by atoms with E-state index in [0.717, 1.165) is 4.47 Å². The molecule has 0 atom stereocenters. The zero-order valence-corrected chi connectivity index (χ0v) is 9.68. The lowest BCUT2D eigenvalue weighted by Gasteiger charge is -2.05. The highest BCUT2D eigenvalue weighted by molar-refractivity contribution is 9.10. The van der Waals surface area contributed by atoms with Gasteiger partial charge in [0.05, 0.1) is 21.9 Å². The summed E-state index contributed by atoms with van der Waals surface area (Å²) in [5, 5.41) is 13.0. The number of anilines is 1. The monoisotopic (exact) mass is 281 g/mol. The molecule has 2 aromatic rings. The summed E-state index contributed by atoms with van der Waals surface area (Å²) in [5.41, 5.74) is 6.52. The van der Waals surface area contributed by atoms with Gasteiger partial charge in [0, 0.05) is 11.9 Å². The lowest BCUT2D eigenvalue weighted by molar-refractivity contribution is 0.0698. The summed E-state index contributed by atoms with van der Waals surface area (Å²) in [6.07, 6.45) is 3.36. The number of carbonyl (C=O) groups is 1. The Balaban J connectivity index is 2.51. The molecule has 1 heterocycles. The summed E-state index contributed by atoms with van der Waals surface area (Å²) in [5.74, 6) is -1.05. The number of aromatic nitrogens is 2. The molecule has 5 nitrogen and oxygen atoms in total. The number of hydrogen-bond acceptors (Lipinski definition) is 3. The van der Waals surface area contributed by atoms with Crippen molar-refractivity contribution in [2.24, 2.45) is 0 Å². The molecule has 1 aromatic carbocycles. The molecule has 1 aromatic heterocycles. The van der Waals surface area contributed by atoms with Gasteiger partial charge in [-0.1, -0.05) is 0 Å². The summed E-state index contributed by atoms with van der Waals surface area (Å²) in [6.45, 7) is 0. The Bertz CT molecular complexity index is 551. The second kappa shape index (κ2) is 3.97. The Morgan fingerprint density at radius 1 is 1.50 bits per heavy atom. The number of halogens is 1. The van der Waals surface area contributed by atoms with Gasteiger partial charge in [-0.3, -0.25) is 0 Å². The number of carboxylic acid groups (broad SMARTS) is 1. The normalized spacial score (nSPS) is 10.3. The number of benzene rings is 1. The molecule has 0 spiro atoms. The minimum atomic E-state index is -1.05. The van der Waals surface area contributed by atoms with Crippen LogP contribution in [0.2, 0.25) is 0 Å². The van der Waals surface area contributed by atoms with E-state index < -0.39 is 5.97 Å². The summed E-state index contributed by atoms with van der Waals surface area (Å²) < 4.78 is 2.39. The first-order chi connectivity index (χ1) is 7.58. The van der Waals surface area contributed by atoms with Gasteiger partial charge in [-0.2, -0.15) is 5.10 Å². The smallest absolute Gasteiger partial charge is 0.337 e. The molecule has 3 N–H and O–H groups in total. The molecule has 0 fully saturated rings. The summed E-state index contributed by atoms with van der Waals surface area (Å²) in [7, 11) is 0. The number of nitrogen functional groups attached to an aromatic ring is 1. The van der Waals surface area contributed by atoms with Crippen molar-refractivity contribution in [3.05, 3.63) is 40.6 Å². The van der Waals surface area contributed by atoms with E-state index in [1.165, 1.54) is 6.07 Å². The molecule has 0 radical (unpaired) electrons. The number of rotatable bonds is 2. The number of nitrogens with zero attached hydrogens (tertiary/aromatic N) is 2. The fourth-order valence-corrected chi connectivity index (χ4v) is 1.60. The second-order valence-electron chi connectivity index (χ2n) is 3.18. The minimum Gasteiger partial charge on any atom is -0.478 e. The van der Waals surface area contributed by atoms with Crippen LogP contribution in [0.15, 0.2) is 35.1 Å². The Kier molecular flexibility index (Phi) is 2.66. The largest absolute Gasteiger partial charge is 0.478 e. The van der Waals surface area contributed by atoms with Crippen molar-refractivity contribution in [1.82, 2.24) is 9.78 Å². The van der Waals surface area contributed by atoms with Crippen molar-refractivity contribution in [1.29, 1.82) is 0 Å². The summed E-state index contributed by atoms with van der Waals surface area (Å²) >= 11 is 3.27. The van der Waals surface area contributed by atoms with Crippen LogP contribution in [-0.2, 0) is 0 Å². The number of carboxylic acids is 1. The molecule has 82 valence electrons. The van der Waals surface area contributed by atoms with Crippen LogP contribution in [0.25, 0.3) is 5.69 Å². The van der Waals surface area contributed by atoms with Gasteiger partial charge in [0.25, 0.3) is 0 Å². The maximum absolute atomic E-state index is 10.9.